The maximum atomic E-state index is 12.2. The van der Waals surface area contributed by atoms with Gasteiger partial charge in [-0.15, -0.1) is 11.6 Å². The van der Waals surface area contributed by atoms with Crippen LogP contribution < -0.4 is 4.74 Å². The van der Waals surface area contributed by atoms with E-state index in [1.807, 2.05) is 54.1 Å². The van der Waals surface area contributed by atoms with E-state index < -0.39 is 0 Å². The first-order valence-corrected chi connectivity index (χ1v) is 10.3. The second-order valence-corrected chi connectivity index (χ2v) is 7.30. The van der Waals surface area contributed by atoms with Crippen LogP contribution in [0.3, 0.4) is 0 Å². The van der Waals surface area contributed by atoms with Crippen molar-refractivity contribution >= 4 is 30.6 Å². The van der Waals surface area contributed by atoms with Gasteiger partial charge in [0.25, 0.3) is 0 Å². The molecule has 29 heavy (non-hydrogen) atoms. The molecule has 0 aliphatic carbocycles. The van der Waals surface area contributed by atoms with Crippen molar-refractivity contribution < 1.29 is 9.53 Å². The lowest BCUT2D eigenvalue weighted by atomic mass is 10.0. The molecular formula is C21H30ClN5O2. The number of aliphatic imine (C=N–C) groups is 1. The third-order valence-electron chi connectivity index (χ3n) is 4.83. The van der Waals surface area contributed by atoms with Crippen LogP contribution in [-0.4, -0.2) is 72.1 Å². The molecule has 0 radical (unpaired) electrons. The van der Waals surface area contributed by atoms with Gasteiger partial charge in [0, 0.05) is 39.2 Å². The normalized spacial score (nSPS) is 17.6. The molecule has 1 amide bonds. The van der Waals surface area contributed by atoms with Crippen LogP contribution in [0.4, 0.5) is 0 Å². The molecule has 7 nitrogen and oxygen atoms in total. The monoisotopic (exact) mass is 419 g/mol. The van der Waals surface area contributed by atoms with Crippen molar-refractivity contribution in [3.63, 3.8) is 0 Å². The Kier molecular flexibility index (Phi) is 8.99. The zero-order chi connectivity index (χ0) is 21.2. The van der Waals surface area contributed by atoms with Crippen molar-refractivity contribution in [1.82, 2.24) is 14.8 Å². The molecule has 0 spiro atoms. The third kappa shape index (κ3) is 6.78. The van der Waals surface area contributed by atoms with Gasteiger partial charge in [-0.3, -0.25) is 4.79 Å². The SMILES string of the molecule is C=NN(C(=C)/N=C\N(C)C(C)Oc1ccccc1)[C@@H]1CCCN(C(=O)CCCl)C1. The molecule has 0 aromatic heterocycles. The van der Waals surface area contributed by atoms with Crippen molar-refractivity contribution in [3.05, 3.63) is 42.7 Å². The van der Waals surface area contributed by atoms with Gasteiger partial charge in [0.05, 0.1) is 12.4 Å². The second-order valence-electron chi connectivity index (χ2n) is 6.92. The van der Waals surface area contributed by atoms with E-state index in [1.54, 1.807) is 11.3 Å². The fourth-order valence-corrected chi connectivity index (χ4v) is 3.28. The summed E-state index contributed by atoms with van der Waals surface area (Å²) in [6.45, 7) is 10.9. The molecule has 0 saturated carbocycles. The molecule has 1 saturated heterocycles. The van der Waals surface area contributed by atoms with Gasteiger partial charge in [0.1, 0.15) is 11.6 Å². The number of benzene rings is 1. The number of hydrogen-bond donors (Lipinski definition) is 0. The average molecular weight is 420 g/mol. The predicted molar refractivity (Wildman–Crippen MR) is 118 cm³/mol. The molecule has 0 N–H and O–H groups in total. The highest BCUT2D eigenvalue weighted by molar-refractivity contribution is 6.18. The van der Waals surface area contributed by atoms with Gasteiger partial charge in [0.2, 0.25) is 5.91 Å². The van der Waals surface area contributed by atoms with E-state index in [4.69, 9.17) is 16.3 Å². The lowest BCUT2D eigenvalue weighted by molar-refractivity contribution is -0.132. The van der Waals surface area contributed by atoms with Crippen LogP contribution in [0.2, 0.25) is 0 Å². The molecule has 2 rings (SSSR count). The molecule has 1 heterocycles. The summed E-state index contributed by atoms with van der Waals surface area (Å²) in [5, 5.41) is 5.79. The minimum atomic E-state index is -0.211. The molecule has 1 aliphatic rings. The minimum absolute atomic E-state index is 0.00604. The summed E-state index contributed by atoms with van der Waals surface area (Å²) in [5.41, 5.74) is 0. The maximum Gasteiger partial charge on any atom is 0.223 e. The summed E-state index contributed by atoms with van der Waals surface area (Å²) >= 11 is 5.71. The van der Waals surface area contributed by atoms with E-state index in [9.17, 15) is 4.79 Å². The Bertz CT molecular complexity index is 712. The average Bonchev–Trinajstić information content (AvgIpc) is 2.73. The molecular weight excluding hydrogens is 390 g/mol. The quantitative estimate of drug-likeness (QED) is 0.192. The number of carbonyl (C=O) groups is 1. The maximum absolute atomic E-state index is 12.2. The first-order valence-electron chi connectivity index (χ1n) is 9.72. The predicted octanol–water partition coefficient (Wildman–Crippen LogP) is 3.38. The highest BCUT2D eigenvalue weighted by Gasteiger charge is 2.28. The van der Waals surface area contributed by atoms with Crippen molar-refractivity contribution in [3.8, 4) is 5.75 Å². The third-order valence-corrected chi connectivity index (χ3v) is 5.02. The first kappa shape index (κ1) is 22.7. The molecule has 8 heteroatoms. The number of nitrogens with zero attached hydrogens (tertiary/aromatic N) is 5. The van der Waals surface area contributed by atoms with Crippen LogP contribution >= 0.6 is 11.6 Å². The molecule has 1 aromatic carbocycles. The largest absolute Gasteiger partial charge is 0.471 e. The van der Waals surface area contributed by atoms with Crippen molar-refractivity contribution in [2.24, 2.45) is 10.1 Å². The Labute approximate surface area is 178 Å². The molecule has 1 unspecified atom stereocenters. The smallest absolute Gasteiger partial charge is 0.223 e. The highest BCUT2D eigenvalue weighted by atomic mass is 35.5. The molecule has 2 atom stereocenters. The Hall–Kier alpha value is -2.54. The van der Waals surface area contributed by atoms with Gasteiger partial charge >= 0.3 is 0 Å². The number of likely N-dealkylation sites (tertiary alicyclic amines) is 1. The second kappa shape index (κ2) is 11.5. The van der Waals surface area contributed by atoms with Gasteiger partial charge < -0.3 is 14.5 Å². The number of hydrogen-bond acceptors (Lipinski definition) is 5. The van der Waals surface area contributed by atoms with E-state index in [0.29, 0.717) is 24.7 Å². The van der Waals surface area contributed by atoms with Crippen molar-refractivity contribution in [2.75, 3.05) is 26.0 Å². The van der Waals surface area contributed by atoms with Gasteiger partial charge in [-0.2, -0.15) is 5.10 Å². The Morgan fingerprint density at radius 2 is 2.17 bits per heavy atom. The number of ether oxygens (including phenoxy) is 1. The summed E-state index contributed by atoms with van der Waals surface area (Å²) < 4.78 is 5.88. The highest BCUT2D eigenvalue weighted by Crippen LogP contribution is 2.21. The summed E-state index contributed by atoms with van der Waals surface area (Å²) in [6.07, 6.45) is 3.58. The van der Waals surface area contributed by atoms with Crippen LogP contribution in [0, 0.1) is 0 Å². The molecule has 1 aromatic rings. The summed E-state index contributed by atoms with van der Waals surface area (Å²) in [5.74, 6) is 1.65. The number of para-hydroxylation sites is 1. The lowest BCUT2D eigenvalue weighted by Gasteiger charge is -2.37. The van der Waals surface area contributed by atoms with Crippen LogP contribution in [0.25, 0.3) is 0 Å². The lowest BCUT2D eigenvalue weighted by Crippen LogP contribution is -2.47. The van der Waals surface area contributed by atoms with Crippen LogP contribution in [-0.2, 0) is 4.79 Å². The van der Waals surface area contributed by atoms with Crippen LogP contribution in [0.5, 0.6) is 5.75 Å². The number of halogens is 1. The van der Waals surface area contributed by atoms with E-state index in [0.717, 1.165) is 25.1 Å². The van der Waals surface area contributed by atoms with Crippen LogP contribution in [0.15, 0.2) is 52.8 Å². The number of piperidine rings is 1. The van der Waals surface area contributed by atoms with Gasteiger partial charge in [0.15, 0.2) is 6.23 Å². The Morgan fingerprint density at radius 1 is 1.45 bits per heavy atom. The Balaban J connectivity index is 1.94. The summed E-state index contributed by atoms with van der Waals surface area (Å²) in [6, 6.07) is 9.61. The van der Waals surface area contributed by atoms with Crippen molar-refractivity contribution in [1.29, 1.82) is 0 Å². The topological polar surface area (TPSA) is 60.7 Å². The van der Waals surface area contributed by atoms with Crippen molar-refractivity contribution in [2.45, 2.75) is 38.5 Å². The fourth-order valence-electron chi connectivity index (χ4n) is 3.12. The summed E-state index contributed by atoms with van der Waals surface area (Å²) in [7, 11) is 1.88. The number of hydrazone groups is 1. The van der Waals surface area contributed by atoms with Gasteiger partial charge in [-0.1, -0.05) is 24.8 Å². The number of carbonyl (C=O) groups excluding carboxylic acids is 1. The van der Waals surface area contributed by atoms with Gasteiger partial charge in [-0.05, 0) is 31.9 Å². The summed E-state index contributed by atoms with van der Waals surface area (Å²) in [4.78, 5) is 20.3. The minimum Gasteiger partial charge on any atom is -0.471 e. The zero-order valence-corrected chi connectivity index (χ0v) is 18.0. The standard InChI is InChI=1S/C21H30ClN5O2/c1-17(24-16-25(4)18(2)29-20-10-6-5-7-11-20)27(23-3)19-9-8-14-26(15-19)21(28)12-13-22/h5-7,10-11,16,18-19H,1,3,8-9,12-15H2,2,4H3/b24-16-/t18?,19-/m1/s1. The van der Waals surface area contributed by atoms with E-state index >= 15 is 0 Å². The molecule has 158 valence electrons. The Morgan fingerprint density at radius 3 is 2.83 bits per heavy atom. The molecule has 1 fully saturated rings. The molecule has 0 bridgehead atoms. The molecule has 1 aliphatic heterocycles. The van der Waals surface area contributed by atoms with E-state index in [1.165, 1.54) is 0 Å². The fraction of sp³-hybridized carbons (Fsp3) is 0.476. The number of alkyl halides is 1. The number of amides is 1. The number of rotatable bonds is 10. The van der Waals surface area contributed by atoms with E-state index in [2.05, 4.69) is 23.4 Å². The first-order chi connectivity index (χ1) is 14.0. The van der Waals surface area contributed by atoms with Crippen LogP contribution in [0.1, 0.15) is 26.2 Å². The van der Waals surface area contributed by atoms with E-state index in [-0.39, 0.29) is 18.2 Å². The van der Waals surface area contributed by atoms with Gasteiger partial charge in [-0.25, -0.2) is 10.0 Å². The zero-order valence-electron chi connectivity index (χ0n) is 17.2.